The molecule has 2 aromatic rings. The van der Waals surface area contributed by atoms with Crippen molar-refractivity contribution in [3.63, 3.8) is 0 Å². The third-order valence-electron chi connectivity index (χ3n) is 5.09. The number of carbonyl (C=O) groups excluding carboxylic acids is 1. The first kappa shape index (κ1) is 15.6. The van der Waals surface area contributed by atoms with Crippen LogP contribution in [0.1, 0.15) is 30.1 Å². The van der Waals surface area contributed by atoms with Crippen LogP contribution in [-0.4, -0.2) is 48.8 Å². The van der Waals surface area contributed by atoms with Crippen molar-refractivity contribution in [2.24, 2.45) is 0 Å². The van der Waals surface area contributed by atoms with E-state index in [0.717, 1.165) is 42.4 Å². The number of hydrogen-bond acceptors (Lipinski definition) is 3. The maximum atomic E-state index is 12.7. The SMILES string of the molecule is CCO[C@@H]1CCOC2(C1)CN(C(=O)c1ccc3ccccc3c1)C2. The van der Waals surface area contributed by atoms with Gasteiger partial charge in [0.15, 0.2) is 0 Å². The van der Waals surface area contributed by atoms with Gasteiger partial charge >= 0.3 is 0 Å². The summed E-state index contributed by atoms with van der Waals surface area (Å²) < 4.78 is 11.7. The van der Waals surface area contributed by atoms with Crippen LogP contribution in [0, 0.1) is 0 Å². The number of nitrogens with zero attached hydrogens (tertiary/aromatic N) is 1. The van der Waals surface area contributed by atoms with E-state index in [2.05, 4.69) is 6.07 Å². The van der Waals surface area contributed by atoms with E-state index in [9.17, 15) is 4.79 Å². The van der Waals surface area contributed by atoms with Crippen molar-refractivity contribution in [2.45, 2.75) is 31.5 Å². The standard InChI is InChI=1S/C20H23NO3/c1-2-23-18-9-10-24-20(12-18)13-21(14-20)19(22)17-8-7-15-5-3-4-6-16(15)11-17/h3-8,11,18H,2,9-10,12-14H2,1H3/t18-/m1/s1. The van der Waals surface area contributed by atoms with Crippen molar-refractivity contribution in [3.8, 4) is 0 Å². The minimum Gasteiger partial charge on any atom is -0.378 e. The molecule has 0 unspecified atom stereocenters. The number of rotatable bonds is 3. The highest BCUT2D eigenvalue weighted by molar-refractivity contribution is 5.99. The molecular weight excluding hydrogens is 302 g/mol. The molecule has 1 amide bonds. The predicted molar refractivity (Wildman–Crippen MR) is 93.2 cm³/mol. The van der Waals surface area contributed by atoms with Gasteiger partial charge in [0.2, 0.25) is 0 Å². The lowest BCUT2D eigenvalue weighted by Gasteiger charge is -2.53. The highest BCUT2D eigenvalue weighted by atomic mass is 16.5. The van der Waals surface area contributed by atoms with Gasteiger partial charge in [-0.05, 0) is 36.2 Å². The van der Waals surface area contributed by atoms with Crippen LogP contribution in [0.3, 0.4) is 0 Å². The minimum absolute atomic E-state index is 0.0912. The molecule has 2 aliphatic rings. The third kappa shape index (κ3) is 2.80. The summed E-state index contributed by atoms with van der Waals surface area (Å²) in [5.74, 6) is 0.0912. The Balaban J connectivity index is 1.44. The van der Waals surface area contributed by atoms with E-state index in [0.29, 0.717) is 13.1 Å². The highest BCUT2D eigenvalue weighted by Gasteiger charge is 2.49. The first-order valence-corrected chi connectivity index (χ1v) is 8.73. The maximum Gasteiger partial charge on any atom is 0.254 e. The molecule has 24 heavy (non-hydrogen) atoms. The Hall–Kier alpha value is -1.91. The lowest BCUT2D eigenvalue weighted by molar-refractivity contribution is -0.185. The van der Waals surface area contributed by atoms with Crippen molar-refractivity contribution < 1.29 is 14.3 Å². The topological polar surface area (TPSA) is 38.8 Å². The van der Waals surface area contributed by atoms with Gasteiger partial charge in [0.25, 0.3) is 5.91 Å². The number of hydrogen-bond donors (Lipinski definition) is 0. The van der Waals surface area contributed by atoms with E-state index in [-0.39, 0.29) is 17.6 Å². The molecule has 2 fully saturated rings. The van der Waals surface area contributed by atoms with Crippen LogP contribution in [0.5, 0.6) is 0 Å². The molecule has 0 radical (unpaired) electrons. The van der Waals surface area contributed by atoms with Gasteiger partial charge in [-0.1, -0.05) is 30.3 Å². The fraction of sp³-hybridized carbons (Fsp3) is 0.450. The summed E-state index contributed by atoms with van der Waals surface area (Å²) in [5, 5.41) is 2.26. The van der Waals surface area contributed by atoms with E-state index in [1.807, 2.05) is 48.2 Å². The molecule has 4 nitrogen and oxygen atoms in total. The van der Waals surface area contributed by atoms with Crippen LogP contribution >= 0.6 is 0 Å². The molecule has 4 heteroatoms. The molecular formula is C20H23NO3. The second-order valence-corrected chi connectivity index (χ2v) is 6.82. The third-order valence-corrected chi connectivity index (χ3v) is 5.09. The Morgan fingerprint density at radius 3 is 2.83 bits per heavy atom. The number of likely N-dealkylation sites (tertiary alicyclic amines) is 1. The largest absolute Gasteiger partial charge is 0.378 e. The van der Waals surface area contributed by atoms with Crippen molar-refractivity contribution >= 4 is 16.7 Å². The first-order chi connectivity index (χ1) is 11.7. The molecule has 126 valence electrons. The summed E-state index contributed by atoms with van der Waals surface area (Å²) in [6, 6.07) is 14.0. The van der Waals surface area contributed by atoms with Crippen LogP contribution in [-0.2, 0) is 9.47 Å². The van der Waals surface area contributed by atoms with Crippen LogP contribution in [0.4, 0.5) is 0 Å². The van der Waals surface area contributed by atoms with Crippen LogP contribution in [0.25, 0.3) is 10.8 Å². The summed E-state index contributed by atoms with van der Waals surface area (Å²) in [6.45, 7) is 4.83. The van der Waals surface area contributed by atoms with Gasteiger partial charge in [-0.2, -0.15) is 0 Å². The molecule has 2 aromatic carbocycles. The molecule has 2 heterocycles. The van der Waals surface area contributed by atoms with E-state index < -0.39 is 0 Å². The zero-order chi connectivity index (χ0) is 16.6. The summed E-state index contributed by atoms with van der Waals surface area (Å²) >= 11 is 0. The van der Waals surface area contributed by atoms with Gasteiger partial charge in [-0.15, -0.1) is 0 Å². The average Bonchev–Trinajstić information content (AvgIpc) is 2.59. The molecule has 0 aliphatic carbocycles. The molecule has 0 N–H and O–H groups in total. The minimum atomic E-state index is -0.190. The Labute approximate surface area is 142 Å². The van der Waals surface area contributed by atoms with E-state index in [4.69, 9.17) is 9.47 Å². The highest BCUT2D eigenvalue weighted by Crippen LogP contribution is 2.36. The number of fused-ring (bicyclic) bond motifs is 1. The van der Waals surface area contributed by atoms with E-state index in [1.165, 1.54) is 0 Å². The average molecular weight is 325 g/mol. The van der Waals surface area contributed by atoms with E-state index >= 15 is 0 Å². The molecule has 4 rings (SSSR count). The van der Waals surface area contributed by atoms with Crippen LogP contribution < -0.4 is 0 Å². The van der Waals surface area contributed by atoms with Crippen molar-refractivity contribution in [3.05, 3.63) is 48.0 Å². The van der Waals surface area contributed by atoms with Gasteiger partial charge in [-0.25, -0.2) is 0 Å². The Bertz CT molecular complexity index is 749. The van der Waals surface area contributed by atoms with Gasteiger partial charge in [0.05, 0.1) is 19.2 Å². The molecule has 1 atom stereocenters. The normalized spacial score (nSPS) is 22.5. The molecule has 0 saturated carbocycles. The van der Waals surface area contributed by atoms with Crippen molar-refractivity contribution in [1.82, 2.24) is 4.90 Å². The number of ether oxygens (including phenoxy) is 2. The predicted octanol–water partition coefficient (Wildman–Crippen LogP) is 3.25. The zero-order valence-electron chi connectivity index (χ0n) is 14.0. The molecule has 0 aromatic heterocycles. The Kier molecular flexibility index (Phi) is 4.02. The first-order valence-electron chi connectivity index (χ1n) is 8.73. The molecule has 0 bridgehead atoms. The molecule has 2 saturated heterocycles. The number of amides is 1. The van der Waals surface area contributed by atoms with E-state index in [1.54, 1.807) is 0 Å². The van der Waals surface area contributed by atoms with Gasteiger partial charge < -0.3 is 14.4 Å². The summed E-state index contributed by atoms with van der Waals surface area (Å²) in [4.78, 5) is 14.6. The van der Waals surface area contributed by atoms with Gasteiger partial charge in [0.1, 0.15) is 5.60 Å². The second-order valence-electron chi connectivity index (χ2n) is 6.82. The smallest absolute Gasteiger partial charge is 0.254 e. The van der Waals surface area contributed by atoms with Crippen LogP contribution in [0.15, 0.2) is 42.5 Å². The Morgan fingerprint density at radius 1 is 1.25 bits per heavy atom. The second kappa shape index (κ2) is 6.19. The zero-order valence-corrected chi connectivity index (χ0v) is 14.0. The number of carbonyl (C=O) groups is 1. The Morgan fingerprint density at radius 2 is 2.04 bits per heavy atom. The number of benzene rings is 2. The van der Waals surface area contributed by atoms with Gasteiger partial charge in [-0.3, -0.25) is 4.79 Å². The summed E-state index contributed by atoms with van der Waals surface area (Å²) in [5.41, 5.74) is 0.561. The van der Waals surface area contributed by atoms with Crippen molar-refractivity contribution in [2.75, 3.05) is 26.3 Å². The van der Waals surface area contributed by atoms with Gasteiger partial charge in [0, 0.05) is 25.2 Å². The molecule has 2 aliphatic heterocycles. The lowest BCUT2D eigenvalue weighted by atomic mass is 9.84. The lowest BCUT2D eigenvalue weighted by Crippen LogP contribution is -2.67. The summed E-state index contributed by atoms with van der Waals surface area (Å²) in [6.07, 6.45) is 2.11. The van der Waals surface area contributed by atoms with Crippen LogP contribution in [0.2, 0.25) is 0 Å². The van der Waals surface area contributed by atoms with Crippen molar-refractivity contribution in [1.29, 1.82) is 0 Å². The maximum absolute atomic E-state index is 12.7. The molecule has 1 spiro atoms. The quantitative estimate of drug-likeness (QED) is 0.869. The fourth-order valence-electron chi connectivity index (χ4n) is 3.88. The summed E-state index contributed by atoms with van der Waals surface area (Å²) in [7, 11) is 0. The monoisotopic (exact) mass is 325 g/mol. The fourth-order valence-corrected chi connectivity index (χ4v) is 3.88.